The number of esters is 1. The van der Waals surface area contributed by atoms with Gasteiger partial charge in [-0.05, 0) is 25.1 Å². The van der Waals surface area contributed by atoms with Crippen LogP contribution >= 0.6 is 0 Å². The van der Waals surface area contributed by atoms with Gasteiger partial charge >= 0.3 is 12.1 Å². The van der Waals surface area contributed by atoms with Crippen molar-refractivity contribution in [2.75, 3.05) is 13.2 Å². The van der Waals surface area contributed by atoms with Crippen molar-refractivity contribution in [1.29, 1.82) is 0 Å². The van der Waals surface area contributed by atoms with E-state index in [0.29, 0.717) is 6.07 Å². The average Bonchev–Trinajstić information content (AvgIpc) is 2.39. The second kappa shape index (κ2) is 7.17. The number of carbonyl (C=O) groups excluding carboxylic acids is 3. The standard InChI is InChI=1S/C12H11F2NO5/c1-2-19-12(18)15-10(16)6-20-11(17)7-3-4-8(13)9(14)5-7/h3-5H,2,6H2,1H3,(H,15,16,18). The van der Waals surface area contributed by atoms with E-state index in [0.717, 1.165) is 12.1 Å². The number of hydrogen-bond acceptors (Lipinski definition) is 5. The van der Waals surface area contributed by atoms with E-state index in [1.54, 1.807) is 12.2 Å². The highest BCUT2D eigenvalue weighted by molar-refractivity contribution is 5.95. The van der Waals surface area contributed by atoms with Crippen LogP contribution in [-0.4, -0.2) is 31.2 Å². The molecule has 1 N–H and O–H groups in total. The van der Waals surface area contributed by atoms with E-state index < -0.39 is 36.2 Å². The fraction of sp³-hybridized carbons (Fsp3) is 0.250. The van der Waals surface area contributed by atoms with E-state index >= 15 is 0 Å². The minimum absolute atomic E-state index is 0.0771. The highest BCUT2D eigenvalue weighted by atomic mass is 19.2. The van der Waals surface area contributed by atoms with E-state index in [2.05, 4.69) is 9.47 Å². The summed E-state index contributed by atoms with van der Waals surface area (Å²) < 4.78 is 34.5. The van der Waals surface area contributed by atoms with Crippen molar-refractivity contribution in [1.82, 2.24) is 5.32 Å². The van der Waals surface area contributed by atoms with Gasteiger partial charge in [-0.25, -0.2) is 18.4 Å². The first-order valence-electron chi connectivity index (χ1n) is 5.52. The molecule has 0 fully saturated rings. The quantitative estimate of drug-likeness (QED) is 0.846. The van der Waals surface area contributed by atoms with Gasteiger partial charge in [-0.3, -0.25) is 10.1 Å². The number of carbonyl (C=O) groups is 3. The Morgan fingerprint density at radius 2 is 1.85 bits per heavy atom. The lowest BCUT2D eigenvalue weighted by atomic mass is 10.2. The van der Waals surface area contributed by atoms with Crippen molar-refractivity contribution in [2.45, 2.75) is 6.92 Å². The van der Waals surface area contributed by atoms with Crippen LogP contribution in [0.3, 0.4) is 0 Å². The second-order valence-corrected chi connectivity index (χ2v) is 3.47. The zero-order valence-corrected chi connectivity index (χ0v) is 10.4. The minimum Gasteiger partial charge on any atom is -0.452 e. The monoisotopic (exact) mass is 287 g/mol. The summed E-state index contributed by atoms with van der Waals surface area (Å²) in [4.78, 5) is 33.4. The van der Waals surface area contributed by atoms with Crippen LogP contribution in [0.4, 0.5) is 13.6 Å². The Hall–Kier alpha value is -2.51. The van der Waals surface area contributed by atoms with Crippen molar-refractivity contribution < 1.29 is 32.6 Å². The number of halogens is 2. The lowest BCUT2D eigenvalue weighted by Gasteiger charge is -2.06. The first-order chi connectivity index (χ1) is 9.43. The number of alkyl carbamates (subject to hydrolysis) is 1. The van der Waals surface area contributed by atoms with E-state index in [9.17, 15) is 23.2 Å². The number of hydrogen-bond donors (Lipinski definition) is 1. The molecule has 0 unspecified atom stereocenters. The predicted octanol–water partition coefficient (Wildman–Crippen LogP) is 1.39. The molecular formula is C12H11F2NO5. The molecule has 108 valence electrons. The molecule has 1 aromatic rings. The van der Waals surface area contributed by atoms with Gasteiger partial charge in [-0.2, -0.15) is 0 Å². The number of rotatable bonds is 4. The maximum absolute atomic E-state index is 12.9. The molecular weight excluding hydrogens is 276 g/mol. The number of amides is 2. The summed E-state index contributed by atoms with van der Waals surface area (Å²) in [6, 6.07) is 2.40. The van der Waals surface area contributed by atoms with Crippen LogP contribution in [0.15, 0.2) is 18.2 Å². The van der Waals surface area contributed by atoms with Crippen LogP contribution in [0.2, 0.25) is 0 Å². The maximum atomic E-state index is 12.9. The molecule has 0 aliphatic heterocycles. The summed E-state index contributed by atoms with van der Waals surface area (Å²) >= 11 is 0. The summed E-state index contributed by atoms with van der Waals surface area (Å²) in [5.41, 5.74) is -0.257. The highest BCUT2D eigenvalue weighted by Crippen LogP contribution is 2.09. The van der Waals surface area contributed by atoms with Gasteiger partial charge < -0.3 is 9.47 Å². The lowest BCUT2D eigenvalue weighted by Crippen LogP contribution is -2.34. The molecule has 0 radical (unpaired) electrons. The Balaban J connectivity index is 2.48. The molecule has 2 amide bonds. The van der Waals surface area contributed by atoms with E-state index in [1.165, 1.54) is 0 Å². The molecule has 0 saturated carbocycles. The molecule has 0 atom stereocenters. The zero-order chi connectivity index (χ0) is 15.1. The molecule has 0 bridgehead atoms. The molecule has 0 heterocycles. The molecule has 20 heavy (non-hydrogen) atoms. The first-order valence-corrected chi connectivity index (χ1v) is 5.52. The fourth-order valence-corrected chi connectivity index (χ4v) is 1.15. The Bertz CT molecular complexity index is 533. The number of nitrogens with one attached hydrogen (secondary N) is 1. The van der Waals surface area contributed by atoms with Gasteiger partial charge in [0.2, 0.25) is 0 Å². The highest BCUT2D eigenvalue weighted by Gasteiger charge is 2.14. The van der Waals surface area contributed by atoms with E-state index in [-0.39, 0.29) is 12.2 Å². The van der Waals surface area contributed by atoms with Crippen LogP contribution in [-0.2, 0) is 14.3 Å². The minimum atomic E-state index is -1.21. The molecule has 6 nitrogen and oxygen atoms in total. The summed E-state index contributed by atoms with van der Waals surface area (Å²) in [6.07, 6.45) is -0.971. The molecule has 0 saturated heterocycles. The van der Waals surface area contributed by atoms with Gasteiger partial charge in [0.05, 0.1) is 12.2 Å². The van der Waals surface area contributed by atoms with Crippen LogP contribution in [0.25, 0.3) is 0 Å². The summed E-state index contributed by atoms with van der Waals surface area (Å²) in [5.74, 6) is -4.25. The average molecular weight is 287 g/mol. The van der Waals surface area contributed by atoms with Crippen molar-refractivity contribution in [3.63, 3.8) is 0 Å². The lowest BCUT2D eigenvalue weighted by molar-refractivity contribution is -0.123. The first kappa shape index (κ1) is 15.5. The Morgan fingerprint density at radius 3 is 2.45 bits per heavy atom. The van der Waals surface area contributed by atoms with Gasteiger partial charge in [0, 0.05) is 0 Å². The predicted molar refractivity (Wildman–Crippen MR) is 61.8 cm³/mol. The SMILES string of the molecule is CCOC(=O)NC(=O)COC(=O)c1ccc(F)c(F)c1. The Morgan fingerprint density at radius 1 is 1.15 bits per heavy atom. The molecule has 1 rings (SSSR count). The van der Waals surface area contributed by atoms with Gasteiger partial charge in [0.15, 0.2) is 18.2 Å². The van der Waals surface area contributed by atoms with E-state index in [1.807, 2.05) is 0 Å². The van der Waals surface area contributed by atoms with Gasteiger partial charge in [0.25, 0.3) is 5.91 Å². The molecule has 0 aromatic heterocycles. The Kier molecular flexibility index (Phi) is 5.57. The van der Waals surface area contributed by atoms with Crippen molar-refractivity contribution in [3.8, 4) is 0 Å². The molecule has 0 spiro atoms. The smallest absolute Gasteiger partial charge is 0.413 e. The third-order valence-corrected chi connectivity index (χ3v) is 2.01. The van der Waals surface area contributed by atoms with Crippen LogP contribution in [0.5, 0.6) is 0 Å². The zero-order valence-electron chi connectivity index (χ0n) is 10.4. The summed E-state index contributed by atoms with van der Waals surface area (Å²) in [5, 5.41) is 1.80. The largest absolute Gasteiger partial charge is 0.452 e. The van der Waals surface area contributed by atoms with Gasteiger partial charge in [-0.15, -0.1) is 0 Å². The molecule has 8 heteroatoms. The van der Waals surface area contributed by atoms with Crippen molar-refractivity contribution >= 4 is 18.0 Å². The maximum Gasteiger partial charge on any atom is 0.413 e. The van der Waals surface area contributed by atoms with Gasteiger partial charge in [0.1, 0.15) is 0 Å². The van der Waals surface area contributed by atoms with Crippen LogP contribution in [0.1, 0.15) is 17.3 Å². The van der Waals surface area contributed by atoms with Gasteiger partial charge in [-0.1, -0.05) is 0 Å². The third-order valence-electron chi connectivity index (χ3n) is 2.01. The molecule has 1 aromatic carbocycles. The summed E-state index contributed by atoms with van der Waals surface area (Å²) in [6.45, 7) is 0.873. The topological polar surface area (TPSA) is 81.7 Å². The second-order valence-electron chi connectivity index (χ2n) is 3.47. The molecule has 0 aliphatic rings. The van der Waals surface area contributed by atoms with Crippen LogP contribution in [0, 0.1) is 11.6 Å². The normalized spacial score (nSPS) is 9.75. The van der Waals surface area contributed by atoms with Crippen LogP contribution < -0.4 is 5.32 Å². The number of imide groups is 1. The third kappa shape index (κ3) is 4.63. The van der Waals surface area contributed by atoms with E-state index in [4.69, 9.17) is 0 Å². The molecule has 0 aliphatic carbocycles. The fourth-order valence-electron chi connectivity index (χ4n) is 1.15. The number of ether oxygens (including phenoxy) is 2. The Labute approximate surface area is 112 Å². The van der Waals surface area contributed by atoms with Crippen molar-refractivity contribution in [2.24, 2.45) is 0 Å². The van der Waals surface area contributed by atoms with Crippen molar-refractivity contribution in [3.05, 3.63) is 35.4 Å². The summed E-state index contributed by atoms with van der Waals surface area (Å²) in [7, 11) is 0. The number of benzene rings is 1.